The van der Waals surface area contributed by atoms with Crippen molar-refractivity contribution in [2.45, 2.75) is 12.8 Å². The molecule has 1 aromatic heterocycles. The summed E-state index contributed by atoms with van der Waals surface area (Å²) in [5.41, 5.74) is 0.760. The Balaban J connectivity index is 1.50. The van der Waals surface area contributed by atoms with Gasteiger partial charge in [-0.2, -0.15) is 0 Å². The van der Waals surface area contributed by atoms with Gasteiger partial charge in [-0.3, -0.25) is 9.69 Å². The summed E-state index contributed by atoms with van der Waals surface area (Å²) in [5.74, 6) is 3.52. The van der Waals surface area contributed by atoms with E-state index in [-0.39, 0.29) is 11.7 Å². The number of carbonyl (C=O) groups is 1. The van der Waals surface area contributed by atoms with Gasteiger partial charge >= 0.3 is 0 Å². The fraction of sp³-hybridized carbons (Fsp3) is 0.368. The topological polar surface area (TPSA) is 49.6 Å². The predicted molar refractivity (Wildman–Crippen MR) is 92.1 cm³/mol. The summed E-state index contributed by atoms with van der Waals surface area (Å²) in [5, 5.41) is 0. The molecule has 0 aliphatic carbocycles. The normalized spacial score (nSPS) is 15.1. The molecule has 1 aromatic carbocycles. The highest BCUT2D eigenvalue weighted by Gasteiger charge is 2.20. The number of rotatable bonds is 5. The van der Waals surface area contributed by atoms with Crippen LogP contribution in [0.1, 0.15) is 12.3 Å². The van der Waals surface area contributed by atoms with E-state index in [1.54, 1.807) is 18.3 Å². The van der Waals surface area contributed by atoms with Crippen LogP contribution in [-0.2, 0) is 11.2 Å². The first kappa shape index (κ1) is 17.2. The summed E-state index contributed by atoms with van der Waals surface area (Å²) in [6, 6.07) is 6.03. The van der Waals surface area contributed by atoms with Gasteiger partial charge in [0, 0.05) is 44.6 Å². The summed E-state index contributed by atoms with van der Waals surface area (Å²) in [4.78, 5) is 20.5. The molecule has 2 heterocycles. The maximum Gasteiger partial charge on any atom is 0.223 e. The Morgan fingerprint density at radius 3 is 2.64 bits per heavy atom. The van der Waals surface area contributed by atoms with E-state index in [0.717, 1.165) is 18.7 Å². The lowest BCUT2D eigenvalue weighted by molar-refractivity contribution is -0.132. The first-order valence-electron chi connectivity index (χ1n) is 8.30. The molecule has 0 radical (unpaired) electrons. The zero-order chi connectivity index (χ0) is 17.6. The number of oxazole rings is 1. The summed E-state index contributed by atoms with van der Waals surface area (Å²) < 4.78 is 18.6. The molecule has 2 aromatic rings. The third kappa shape index (κ3) is 4.46. The minimum atomic E-state index is -0.295. The van der Waals surface area contributed by atoms with Crippen LogP contribution < -0.4 is 0 Å². The molecule has 130 valence electrons. The van der Waals surface area contributed by atoms with Crippen molar-refractivity contribution in [2.75, 3.05) is 32.7 Å². The Hall–Kier alpha value is -2.65. The van der Waals surface area contributed by atoms with Crippen LogP contribution in [0.25, 0.3) is 11.3 Å². The first-order chi connectivity index (χ1) is 12.2. The van der Waals surface area contributed by atoms with Gasteiger partial charge in [0.15, 0.2) is 11.7 Å². The van der Waals surface area contributed by atoms with Crippen LogP contribution in [0.3, 0.4) is 0 Å². The minimum Gasteiger partial charge on any atom is -0.441 e. The van der Waals surface area contributed by atoms with E-state index in [1.165, 1.54) is 12.1 Å². The summed E-state index contributed by atoms with van der Waals surface area (Å²) >= 11 is 0. The van der Waals surface area contributed by atoms with Gasteiger partial charge in [0.05, 0.1) is 12.7 Å². The zero-order valence-corrected chi connectivity index (χ0v) is 13.9. The highest BCUT2D eigenvalue weighted by atomic mass is 19.1. The number of nitrogens with zero attached hydrogens (tertiary/aromatic N) is 3. The molecule has 6 heteroatoms. The van der Waals surface area contributed by atoms with Crippen molar-refractivity contribution < 1.29 is 13.6 Å². The highest BCUT2D eigenvalue weighted by molar-refractivity contribution is 5.76. The van der Waals surface area contributed by atoms with Gasteiger partial charge in [0.2, 0.25) is 5.91 Å². The average molecular weight is 341 g/mol. The number of benzene rings is 1. The molecule has 1 saturated heterocycles. The summed E-state index contributed by atoms with van der Waals surface area (Å²) in [6.45, 7) is 3.65. The van der Waals surface area contributed by atoms with Crippen molar-refractivity contribution in [1.82, 2.24) is 14.8 Å². The molecule has 25 heavy (non-hydrogen) atoms. The van der Waals surface area contributed by atoms with Gasteiger partial charge in [-0.1, -0.05) is 5.92 Å². The molecule has 1 aliphatic heterocycles. The minimum absolute atomic E-state index is 0.0990. The summed E-state index contributed by atoms with van der Waals surface area (Å²) in [6.07, 6.45) is 7.72. The SMILES string of the molecule is C#CCN1CCN(C(=O)CCc2ncc(-c3ccc(F)cc3)o2)CC1. The molecular weight excluding hydrogens is 321 g/mol. The average Bonchev–Trinajstić information content (AvgIpc) is 3.10. The van der Waals surface area contributed by atoms with Crippen LogP contribution in [0.4, 0.5) is 4.39 Å². The van der Waals surface area contributed by atoms with Crippen molar-refractivity contribution in [1.29, 1.82) is 0 Å². The largest absolute Gasteiger partial charge is 0.441 e. The fourth-order valence-corrected chi connectivity index (χ4v) is 2.83. The quantitative estimate of drug-likeness (QED) is 0.783. The smallest absolute Gasteiger partial charge is 0.223 e. The standard InChI is InChI=1S/C19H20FN3O2/c1-2-9-22-10-12-23(13-11-22)19(24)8-7-18-21-14-17(25-18)15-3-5-16(20)6-4-15/h1,3-6,14H,7-13H2. The fourth-order valence-electron chi connectivity index (χ4n) is 2.83. The number of piperazine rings is 1. The Kier molecular flexibility index (Phi) is 5.46. The Bertz CT molecular complexity index is 756. The third-order valence-corrected chi connectivity index (χ3v) is 4.27. The first-order valence-corrected chi connectivity index (χ1v) is 8.30. The van der Waals surface area contributed by atoms with Crippen molar-refractivity contribution in [3.05, 3.63) is 42.2 Å². The molecular formula is C19H20FN3O2. The van der Waals surface area contributed by atoms with E-state index < -0.39 is 0 Å². The number of halogens is 1. The van der Waals surface area contributed by atoms with Crippen molar-refractivity contribution in [2.24, 2.45) is 0 Å². The molecule has 0 saturated carbocycles. The van der Waals surface area contributed by atoms with Crippen LogP contribution in [0, 0.1) is 18.2 Å². The molecule has 0 unspecified atom stereocenters. The lowest BCUT2D eigenvalue weighted by atomic mass is 10.2. The molecule has 0 atom stereocenters. The highest BCUT2D eigenvalue weighted by Crippen LogP contribution is 2.21. The van der Waals surface area contributed by atoms with Crippen molar-refractivity contribution >= 4 is 5.91 Å². The van der Waals surface area contributed by atoms with E-state index in [2.05, 4.69) is 15.8 Å². The number of aromatic nitrogens is 1. The van der Waals surface area contributed by atoms with Gasteiger partial charge in [-0.25, -0.2) is 9.37 Å². The van der Waals surface area contributed by atoms with Crippen LogP contribution in [0.2, 0.25) is 0 Å². The maximum absolute atomic E-state index is 13.0. The second-order valence-corrected chi connectivity index (χ2v) is 5.99. The van der Waals surface area contributed by atoms with Crippen LogP contribution in [-0.4, -0.2) is 53.4 Å². The molecule has 0 bridgehead atoms. The van der Waals surface area contributed by atoms with E-state index >= 15 is 0 Å². The van der Waals surface area contributed by atoms with E-state index in [1.807, 2.05) is 4.90 Å². The van der Waals surface area contributed by atoms with Crippen molar-refractivity contribution in [3.8, 4) is 23.7 Å². The van der Waals surface area contributed by atoms with Gasteiger partial charge in [-0.05, 0) is 24.3 Å². The molecule has 3 rings (SSSR count). The molecule has 5 nitrogen and oxygen atoms in total. The molecule has 1 fully saturated rings. The lowest BCUT2D eigenvalue weighted by Crippen LogP contribution is -2.48. The van der Waals surface area contributed by atoms with Gasteiger partial charge in [0.25, 0.3) is 0 Å². The summed E-state index contributed by atoms with van der Waals surface area (Å²) in [7, 11) is 0. The lowest BCUT2D eigenvalue weighted by Gasteiger charge is -2.33. The van der Waals surface area contributed by atoms with E-state index in [0.29, 0.717) is 44.1 Å². The molecule has 1 amide bonds. The zero-order valence-electron chi connectivity index (χ0n) is 13.9. The van der Waals surface area contributed by atoms with E-state index in [9.17, 15) is 9.18 Å². The van der Waals surface area contributed by atoms with Gasteiger partial charge < -0.3 is 9.32 Å². The number of aryl methyl sites for hydroxylation is 1. The van der Waals surface area contributed by atoms with Gasteiger partial charge in [0.1, 0.15) is 5.82 Å². The Morgan fingerprint density at radius 1 is 1.24 bits per heavy atom. The monoisotopic (exact) mass is 341 g/mol. The molecule has 0 N–H and O–H groups in total. The Morgan fingerprint density at radius 2 is 1.96 bits per heavy atom. The number of terminal acetylenes is 1. The number of hydrogen-bond donors (Lipinski definition) is 0. The number of amides is 1. The van der Waals surface area contributed by atoms with Crippen LogP contribution >= 0.6 is 0 Å². The van der Waals surface area contributed by atoms with Crippen LogP contribution in [0.15, 0.2) is 34.9 Å². The maximum atomic E-state index is 13.0. The molecule has 0 spiro atoms. The van der Waals surface area contributed by atoms with Gasteiger partial charge in [-0.15, -0.1) is 6.42 Å². The molecule has 1 aliphatic rings. The number of hydrogen-bond acceptors (Lipinski definition) is 4. The Labute approximate surface area is 146 Å². The third-order valence-electron chi connectivity index (χ3n) is 4.27. The predicted octanol–water partition coefficient (Wildman–Crippen LogP) is 2.19. The van der Waals surface area contributed by atoms with E-state index in [4.69, 9.17) is 10.8 Å². The number of carbonyl (C=O) groups excluding carboxylic acids is 1. The van der Waals surface area contributed by atoms with Crippen LogP contribution in [0.5, 0.6) is 0 Å². The second-order valence-electron chi connectivity index (χ2n) is 5.99. The second kappa shape index (κ2) is 7.95. The van der Waals surface area contributed by atoms with Crippen molar-refractivity contribution in [3.63, 3.8) is 0 Å².